The van der Waals surface area contributed by atoms with E-state index in [9.17, 15) is 4.79 Å². The standard InChI is InChI=1S/C18H28N2O/c1-13(2)20-18(21)16-5-4-6-17(11-16)19-12-15-9-7-14(3)8-10-15/h4-6,11,13-15,19H,7-10,12H2,1-3H3,(H,20,21). The molecule has 0 unspecified atom stereocenters. The van der Waals surface area contributed by atoms with Gasteiger partial charge in [0, 0.05) is 23.8 Å². The van der Waals surface area contributed by atoms with Gasteiger partial charge in [-0.1, -0.05) is 25.8 Å². The van der Waals surface area contributed by atoms with E-state index in [2.05, 4.69) is 17.6 Å². The molecule has 1 aliphatic carbocycles. The largest absolute Gasteiger partial charge is 0.385 e. The Kier molecular flexibility index (Phi) is 5.66. The van der Waals surface area contributed by atoms with E-state index >= 15 is 0 Å². The van der Waals surface area contributed by atoms with E-state index in [1.54, 1.807) is 0 Å². The highest BCUT2D eigenvalue weighted by Gasteiger charge is 2.17. The fourth-order valence-electron chi connectivity index (χ4n) is 2.91. The number of rotatable bonds is 5. The summed E-state index contributed by atoms with van der Waals surface area (Å²) in [5.74, 6) is 1.67. The monoisotopic (exact) mass is 288 g/mol. The number of nitrogens with one attached hydrogen (secondary N) is 2. The van der Waals surface area contributed by atoms with Crippen molar-refractivity contribution in [3.63, 3.8) is 0 Å². The van der Waals surface area contributed by atoms with Crippen molar-refractivity contribution in [3.05, 3.63) is 29.8 Å². The molecule has 1 fully saturated rings. The lowest BCUT2D eigenvalue weighted by Gasteiger charge is -2.26. The molecule has 0 aromatic heterocycles. The highest BCUT2D eigenvalue weighted by atomic mass is 16.1. The van der Waals surface area contributed by atoms with E-state index in [0.717, 1.165) is 29.6 Å². The molecule has 116 valence electrons. The Morgan fingerprint density at radius 1 is 1.24 bits per heavy atom. The molecule has 1 aliphatic rings. The molecule has 1 saturated carbocycles. The first-order chi connectivity index (χ1) is 10.0. The third-order valence-electron chi connectivity index (χ3n) is 4.27. The Morgan fingerprint density at radius 3 is 2.62 bits per heavy atom. The molecule has 21 heavy (non-hydrogen) atoms. The molecule has 0 heterocycles. The summed E-state index contributed by atoms with van der Waals surface area (Å²) in [7, 11) is 0. The third kappa shape index (κ3) is 5.07. The smallest absolute Gasteiger partial charge is 0.251 e. The lowest BCUT2D eigenvalue weighted by atomic mass is 9.83. The van der Waals surface area contributed by atoms with Crippen molar-refractivity contribution >= 4 is 11.6 Å². The fourth-order valence-corrected chi connectivity index (χ4v) is 2.91. The topological polar surface area (TPSA) is 41.1 Å². The highest BCUT2D eigenvalue weighted by molar-refractivity contribution is 5.95. The number of carbonyl (C=O) groups excluding carboxylic acids is 1. The first-order valence-corrected chi connectivity index (χ1v) is 8.19. The van der Waals surface area contributed by atoms with Crippen LogP contribution >= 0.6 is 0 Å². The van der Waals surface area contributed by atoms with Crippen molar-refractivity contribution in [3.8, 4) is 0 Å². The van der Waals surface area contributed by atoms with Gasteiger partial charge in [0.1, 0.15) is 0 Å². The number of benzene rings is 1. The summed E-state index contributed by atoms with van der Waals surface area (Å²) in [6, 6.07) is 7.96. The maximum Gasteiger partial charge on any atom is 0.251 e. The second-order valence-corrected chi connectivity index (χ2v) is 6.72. The molecule has 0 bridgehead atoms. The van der Waals surface area contributed by atoms with Crippen LogP contribution in [0.25, 0.3) is 0 Å². The third-order valence-corrected chi connectivity index (χ3v) is 4.27. The molecular formula is C18H28N2O. The molecule has 0 saturated heterocycles. The zero-order valence-corrected chi connectivity index (χ0v) is 13.5. The number of hydrogen-bond donors (Lipinski definition) is 2. The van der Waals surface area contributed by atoms with Gasteiger partial charge in [0.25, 0.3) is 5.91 Å². The van der Waals surface area contributed by atoms with Crippen molar-refractivity contribution in [1.29, 1.82) is 0 Å². The highest BCUT2D eigenvalue weighted by Crippen LogP contribution is 2.28. The number of hydrogen-bond acceptors (Lipinski definition) is 2. The summed E-state index contributed by atoms with van der Waals surface area (Å²) in [5.41, 5.74) is 1.77. The lowest BCUT2D eigenvalue weighted by molar-refractivity contribution is 0.0943. The van der Waals surface area contributed by atoms with Crippen molar-refractivity contribution in [2.24, 2.45) is 11.8 Å². The molecule has 1 amide bonds. The van der Waals surface area contributed by atoms with Crippen LogP contribution in [0, 0.1) is 11.8 Å². The van der Waals surface area contributed by atoms with Crippen molar-refractivity contribution in [2.45, 2.75) is 52.5 Å². The minimum Gasteiger partial charge on any atom is -0.385 e. The molecule has 0 atom stereocenters. The Hall–Kier alpha value is -1.51. The number of anilines is 1. The molecular weight excluding hydrogens is 260 g/mol. The van der Waals surface area contributed by atoms with Gasteiger partial charge in [-0.2, -0.15) is 0 Å². The molecule has 3 nitrogen and oxygen atoms in total. The number of carbonyl (C=O) groups is 1. The summed E-state index contributed by atoms with van der Waals surface area (Å²) in [6.07, 6.45) is 5.34. The van der Waals surface area contributed by atoms with Gasteiger partial charge in [0.2, 0.25) is 0 Å². The molecule has 0 spiro atoms. The van der Waals surface area contributed by atoms with Crippen LogP contribution in [0.2, 0.25) is 0 Å². The summed E-state index contributed by atoms with van der Waals surface area (Å²) in [6.45, 7) is 7.32. The Bertz CT molecular complexity index is 462. The van der Waals surface area contributed by atoms with Crippen molar-refractivity contribution in [1.82, 2.24) is 5.32 Å². The zero-order valence-electron chi connectivity index (χ0n) is 13.5. The van der Waals surface area contributed by atoms with Crippen LogP contribution in [0.4, 0.5) is 5.69 Å². The van der Waals surface area contributed by atoms with Crippen LogP contribution in [0.15, 0.2) is 24.3 Å². The van der Waals surface area contributed by atoms with Crippen LogP contribution in [-0.4, -0.2) is 18.5 Å². The second kappa shape index (κ2) is 7.48. The van der Waals surface area contributed by atoms with Crippen molar-refractivity contribution < 1.29 is 4.79 Å². The van der Waals surface area contributed by atoms with Gasteiger partial charge in [-0.3, -0.25) is 4.79 Å². The first-order valence-electron chi connectivity index (χ1n) is 8.19. The van der Waals surface area contributed by atoms with E-state index in [0.29, 0.717) is 0 Å². The van der Waals surface area contributed by atoms with E-state index in [4.69, 9.17) is 0 Å². The minimum atomic E-state index is 0.000131. The average Bonchev–Trinajstić information content (AvgIpc) is 2.46. The Balaban J connectivity index is 1.87. The predicted octanol–water partition coefficient (Wildman–Crippen LogP) is 4.06. The molecule has 0 aliphatic heterocycles. The molecule has 3 heteroatoms. The molecule has 2 rings (SSSR count). The van der Waals surface area contributed by atoms with Crippen LogP contribution in [-0.2, 0) is 0 Å². The van der Waals surface area contributed by atoms with E-state index in [-0.39, 0.29) is 11.9 Å². The molecule has 1 aromatic carbocycles. The lowest BCUT2D eigenvalue weighted by Crippen LogP contribution is -2.30. The zero-order chi connectivity index (χ0) is 15.2. The number of amides is 1. The van der Waals surface area contributed by atoms with Crippen molar-refractivity contribution in [2.75, 3.05) is 11.9 Å². The first kappa shape index (κ1) is 15.9. The SMILES string of the molecule is CC1CCC(CNc2cccc(C(=O)NC(C)C)c2)CC1. The molecule has 0 radical (unpaired) electrons. The maximum absolute atomic E-state index is 12.0. The van der Waals surface area contributed by atoms with Crippen LogP contribution in [0.1, 0.15) is 56.8 Å². The van der Waals surface area contributed by atoms with Gasteiger partial charge >= 0.3 is 0 Å². The molecule has 2 N–H and O–H groups in total. The maximum atomic E-state index is 12.0. The van der Waals surface area contributed by atoms with Gasteiger partial charge in [0.05, 0.1) is 0 Å². The van der Waals surface area contributed by atoms with Crippen LogP contribution in [0.3, 0.4) is 0 Å². The normalized spacial score (nSPS) is 22.1. The van der Waals surface area contributed by atoms with Gasteiger partial charge in [0.15, 0.2) is 0 Å². The predicted molar refractivity (Wildman–Crippen MR) is 88.7 cm³/mol. The Morgan fingerprint density at radius 2 is 1.95 bits per heavy atom. The van der Waals surface area contributed by atoms with E-state index in [1.165, 1.54) is 25.7 Å². The average molecular weight is 288 g/mol. The van der Waals surface area contributed by atoms with Gasteiger partial charge in [-0.25, -0.2) is 0 Å². The van der Waals surface area contributed by atoms with Gasteiger partial charge in [-0.15, -0.1) is 0 Å². The van der Waals surface area contributed by atoms with E-state index in [1.807, 2.05) is 38.1 Å². The van der Waals surface area contributed by atoms with Crippen LogP contribution in [0.5, 0.6) is 0 Å². The summed E-state index contributed by atoms with van der Waals surface area (Å²) in [5, 5.41) is 6.43. The van der Waals surface area contributed by atoms with Crippen LogP contribution < -0.4 is 10.6 Å². The quantitative estimate of drug-likeness (QED) is 0.857. The Labute approximate surface area is 128 Å². The minimum absolute atomic E-state index is 0.000131. The summed E-state index contributed by atoms with van der Waals surface area (Å²) >= 11 is 0. The summed E-state index contributed by atoms with van der Waals surface area (Å²) < 4.78 is 0. The van der Waals surface area contributed by atoms with Gasteiger partial charge in [-0.05, 0) is 56.7 Å². The summed E-state index contributed by atoms with van der Waals surface area (Å²) in [4.78, 5) is 12.0. The van der Waals surface area contributed by atoms with E-state index < -0.39 is 0 Å². The van der Waals surface area contributed by atoms with Gasteiger partial charge < -0.3 is 10.6 Å². The molecule has 1 aromatic rings. The second-order valence-electron chi connectivity index (χ2n) is 6.72. The fraction of sp³-hybridized carbons (Fsp3) is 0.611.